The van der Waals surface area contributed by atoms with E-state index in [-0.39, 0.29) is 5.75 Å². The third-order valence-corrected chi connectivity index (χ3v) is 5.79. The number of benzene rings is 2. The van der Waals surface area contributed by atoms with Gasteiger partial charge in [-0.05, 0) is 42.5 Å². The lowest BCUT2D eigenvalue weighted by Gasteiger charge is -2.24. The van der Waals surface area contributed by atoms with Crippen LogP contribution < -0.4 is 0 Å². The number of fused-ring (bicyclic) bond motifs is 5. The quantitative estimate of drug-likeness (QED) is 0.470. The van der Waals surface area contributed by atoms with E-state index in [0.29, 0.717) is 12.0 Å². The van der Waals surface area contributed by atoms with Crippen LogP contribution in [-0.4, -0.2) is 9.67 Å². The zero-order valence-corrected chi connectivity index (χ0v) is 14.3. The summed E-state index contributed by atoms with van der Waals surface area (Å²) >= 11 is 0. The second kappa shape index (κ2) is 5.16. The van der Waals surface area contributed by atoms with E-state index < -0.39 is 0 Å². The van der Waals surface area contributed by atoms with Crippen LogP contribution in [0.4, 0.5) is 0 Å². The summed E-state index contributed by atoms with van der Waals surface area (Å²) in [7, 11) is 0. The molecule has 1 aliphatic heterocycles. The fraction of sp³-hybridized carbons (Fsp3) is 0.273. The van der Waals surface area contributed by atoms with Gasteiger partial charge in [0.25, 0.3) is 0 Å². The van der Waals surface area contributed by atoms with E-state index >= 15 is 0 Å². The summed E-state index contributed by atoms with van der Waals surface area (Å²) in [6.07, 6.45) is 5.26. The van der Waals surface area contributed by atoms with Crippen molar-refractivity contribution in [2.45, 2.75) is 32.2 Å². The summed E-state index contributed by atoms with van der Waals surface area (Å²) in [6.45, 7) is 6.23. The number of nitrogens with zero attached hydrogens (tertiary/aromatic N) is 1. The molecule has 2 aromatic heterocycles. The molecule has 0 saturated heterocycles. The maximum Gasteiger partial charge on any atom is 0.161 e. The maximum absolute atomic E-state index is 9.81. The molecule has 3 heteroatoms. The highest BCUT2D eigenvalue weighted by Gasteiger charge is 2.33. The number of hydrogen-bond acceptors (Lipinski definition) is 2. The number of allylic oxidation sites excluding steroid dienone is 1. The number of phenols is 1. The lowest BCUT2D eigenvalue weighted by Crippen LogP contribution is -2.16. The van der Waals surface area contributed by atoms with Gasteiger partial charge in [-0.15, -0.1) is 6.58 Å². The van der Waals surface area contributed by atoms with Gasteiger partial charge in [0.15, 0.2) is 5.58 Å². The first-order chi connectivity index (χ1) is 12.2. The molecule has 0 spiro atoms. The van der Waals surface area contributed by atoms with Crippen LogP contribution in [0.15, 0.2) is 53.5 Å². The van der Waals surface area contributed by atoms with Gasteiger partial charge in [0.05, 0.1) is 11.0 Å². The number of hydrogen-bond donors (Lipinski definition) is 1. The Morgan fingerprint density at radius 2 is 2.16 bits per heavy atom. The van der Waals surface area contributed by atoms with Gasteiger partial charge in [-0.3, -0.25) is 0 Å². The van der Waals surface area contributed by atoms with Crippen LogP contribution in [0.3, 0.4) is 0 Å². The smallest absolute Gasteiger partial charge is 0.161 e. The second-order valence-corrected chi connectivity index (χ2v) is 7.11. The molecule has 25 heavy (non-hydrogen) atoms. The van der Waals surface area contributed by atoms with Crippen LogP contribution in [0.5, 0.6) is 5.75 Å². The van der Waals surface area contributed by atoms with E-state index in [0.717, 1.165) is 35.8 Å². The Kier molecular flexibility index (Phi) is 3.02. The first-order valence-electron chi connectivity index (χ1n) is 9.00. The standard InChI is InChI=1S/C22H21NO2/c1-3-6-13(4-2)18-11-14-7-5-8-17-20(14)23(18)21-16-10-9-15(24)12-19(16)25-22(17)21/h3,5,7-10,12-13,18,24H,1,4,6,11H2,2H3/t13-,18?/m1/s1. The first-order valence-corrected chi connectivity index (χ1v) is 9.00. The monoisotopic (exact) mass is 331 g/mol. The molecule has 3 heterocycles. The van der Waals surface area contributed by atoms with E-state index in [1.54, 1.807) is 12.1 Å². The summed E-state index contributed by atoms with van der Waals surface area (Å²) in [5.41, 5.74) is 5.59. The average molecular weight is 331 g/mol. The molecule has 0 aliphatic carbocycles. The van der Waals surface area contributed by atoms with Crippen LogP contribution in [0.1, 0.15) is 31.4 Å². The van der Waals surface area contributed by atoms with Crippen molar-refractivity contribution in [3.8, 4) is 5.75 Å². The topological polar surface area (TPSA) is 38.3 Å². The highest BCUT2D eigenvalue weighted by molar-refractivity contribution is 6.16. The Labute approximate surface area is 146 Å². The Hall–Kier alpha value is -2.68. The molecule has 1 N–H and O–H groups in total. The van der Waals surface area contributed by atoms with Gasteiger partial charge in [-0.25, -0.2) is 0 Å². The van der Waals surface area contributed by atoms with Crippen LogP contribution >= 0.6 is 0 Å². The molecule has 1 unspecified atom stereocenters. The molecule has 0 fully saturated rings. The van der Waals surface area contributed by atoms with Crippen molar-refractivity contribution in [2.75, 3.05) is 0 Å². The van der Waals surface area contributed by atoms with Gasteiger partial charge in [-0.1, -0.05) is 31.6 Å². The van der Waals surface area contributed by atoms with Crippen molar-refractivity contribution in [3.05, 3.63) is 54.6 Å². The van der Waals surface area contributed by atoms with Gasteiger partial charge in [0.2, 0.25) is 0 Å². The molecule has 0 amide bonds. The Balaban J connectivity index is 1.89. The number of phenolic OH excluding ortho intramolecular Hbond substituents is 1. The van der Waals surface area contributed by atoms with Gasteiger partial charge in [0, 0.05) is 22.9 Å². The van der Waals surface area contributed by atoms with E-state index in [1.807, 2.05) is 12.1 Å². The van der Waals surface area contributed by atoms with Crippen molar-refractivity contribution in [1.82, 2.24) is 4.57 Å². The lowest BCUT2D eigenvalue weighted by molar-refractivity contribution is 0.345. The van der Waals surface area contributed by atoms with Gasteiger partial charge in [0.1, 0.15) is 11.3 Å². The molecule has 5 rings (SSSR count). The normalized spacial score (nSPS) is 17.7. The maximum atomic E-state index is 9.81. The van der Waals surface area contributed by atoms with Crippen molar-refractivity contribution in [2.24, 2.45) is 5.92 Å². The van der Waals surface area contributed by atoms with Crippen LogP contribution in [0, 0.1) is 5.92 Å². The van der Waals surface area contributed by atoms with Crippen molar-refractivity contribution < 1.29 is 9.52 Å². The third-order valence-electron chi connectivity index (χ3n) is 5.79. The second-order valence-electron chi connectivity index (χ2n) is 7.11. The SMILES string of the molecule is C=CC[C@@H](CC)C1Cc2cccc3c4oc5cc(O)ccc5c4n1c23. The summed E-state index contributed by atoms with van der Waals surface area (Å²) in [5, 5.41) is 12.1. The highest BCUT2D eigenvalue weighted by atomic mass is 16.3. The van der Waals surface area contributed by atoms with Crippen molar-refractivity contribution in [3.63, 3.8) is 0 Å². The summed E-state index contributed by atoms with van der Waals surface area (Å²) in [5.74, 6) is 0.802. The summed E-state index contributed by atoms with van der Waals surface area (Å²) in [4.78, 5) is 0. The first kappa shape index (κ1) is 14.6. The Morgan fingerprint density at radius 3 is 2.96 bits per heavy atom. The third kappa shape index (κ3) is 1.87. The van der Waals surface area contributed by atoms with E-state index in [4.69, 9.17) is 4.42 Å². The fourth-order valence-corrected chi connectivity index (χ4v) is 4.66. The van der Waals surface area contributed by atoms with Crippen LogP contribution in [0.25, 0.3) is 33.0 Å². The predicted octanol–water partition coefficient (Wildman–Crippen LogP) is 5.95. The largest absolute Gasteiger partial charge is 0.508 e. The molecule has 2 atom stereocenters. The van der Waals surface area contributed by atoms with Gasteiger partial charge >= 0.3 is 0 Å². The lowest BCUT2D eigenvalue weighted by atomic mass is 9.90. The van der Waals surface area contributed by atoms with Crippen molar-refractivity contribution in [1.29, 1.82) is 0 Å². The fourth-order valence-electron chi connectivity index (χ4n) is 4.66. The highest BCUT2D eigenvalue weighted by Crippen LogP contribution is 2.47. The number of aromatic hydroxyl groups is 1. The Bertz CT molecular complexity index is 1130. The van der Waals surface area contributed by atoms with Crippen LogP contribution in [-0.2, 0) is 6.42 Å². The number of para-hydroxylation sites is 1. The molecule has 2 aromatic carbocycles. The predicted molar refractivity (Wildman–Crippen MR) is 102 cm³/mol. The van der Waals surface area contributed by atoms with Crippen LogP contribution in [0.2, 0.25) is 0 Å². The minimum Gasteiger partial charge on any atom is -0.508 e. The molecule has 1 aliphatic rings. The molecule has 126 valence electrons. The molecule has 0 radical (unpaired) electrons. The molecular formula is C22H21NO2. The minimum atomic E-state index is 0.241. The summed E-state index contributed by atoms with van der Waals surface area (Å²) < 4.78 is 8.68. The molecule has 4 aromatic rings. The Morgan fingerprint density at radius 1 is 1.28 bits per heavy atom. The average Bonchev–Trinajstić information content (AvgIpc) is 3.25. The van der Waals surface area contributed by atoms with Crippen molar-refractivity contribution >= 4 is 33.0 Å². The number of furan rings is 1. The number of rotatable bonds is 4. The molecule has 0 bridgehead atoms. The zero-order chi connectivity index (χ0) is 17.1. The minimum absolute atomic E-state index is 0.241. The van der Waals surface area contributed by atoms with E-state index in [9.17, 15) is 5.11 Å². The molecule has 0 saturated carbocycles. The zero-order valence-electron chi connectivity index (χ0n) is 14.3. The van der Waals surface area contributed by atoms with Gasteiger partial charge in [-0.2, -0.15) is 0 Å². The number of aromatic nitrogens is 1. The van der Waals surface area contributed by atoms with E-state index in [1.165, 1.54) is 22.0 Å². The summed E-state index contributed by atoms with van der Waals surface area (Å²) in [6, 6.07) is 12.4. The van der Waals surface area contributed by atoms with Gasteiger partial charge < -0.3 is 14.1 Å². The molecule has 3 nitrogen and oxygen atoms in total. The van der Waals surface area contributed by atoms with E-state index in [2.05, 4.69) is 36.3 Å². The molecular weight excluding hydrogens is 310 g/mol.